The molecule has 0 radical (unpaired) electrons. The predicted molar refractivity (Wildman–Crippen MR) is 189 cm³/mol. The number of fused-ring (bicyclic) bond motifs is 2. The summed E-state index contributed by atoms with van der Waals surface area (Å²) in [5.41, 5.74) is 5.16. The minimum absolute atomic E-state index is 0.0918. The SMILES string of the molecule is CC[N+]1(CCC2(c3ccc(Cl)c(Cl)c3)CCCN(C(=O)Cc3cccc(OC(C)C)c3)C2)CCC2(CC1)NCCc1ccccc12. The van der Waals surface area contributed by atoms with E-state index in [-0.39, 0.29) is 23.0 Å². The zero-order valence-corrected chi connectivity index (χ0v) is 29.3. The van der Waals surface area contributed by atoms with Crippen LogP contribution in [0.4, 0.5) is 0 Å². The van der Waals surface area contributed by atoms with E-state index in [9.17, 15) is 4.79 Å². The van der Waals surface area contributed by atoms with E-state index in [0.717, 1.165) is 93.6 Å². The zero-order chi connectivity index (χ0) is 32.4. The molecule has 0 aromatic heterocycles. The fourth-order valence-corrected chi connectivity index (χ4v) is 8.77. The molecule has 3 heterocycles. The molecule has 0 bridgehead atoms. The number of nitrogens with zero attached hydrogens (tertiary/aromatic N) is 2. The Kier molecular flexibility index (Phi) is 10.1. The van der Waals surface area contributed by atoms with Crippen LogP contribution >= 0.6 is 23.2 Å². The predicted octanol–water partition coefficient (Wildman–Crippen LogP) is 7.95. The van der Waals surface area contributed by atoms with Crippen LogP contribution in [0, 0.1) is 0 Å². The van der Waals surface area contributed by atoms with Crippen molar-refractivity contribution in [1.29, 1.82) is 0 Å². The Bertz CT molecular complexity index is 1530. The minimum Gasteiger partial charge on any atom is -0.491 e. The first kappa shape index (κ1) is 33.3. The third-order valence-electron chi connectivity index (χ3n) is 11.2. The van der Waals surface area contributed by atoms with Crippen LogP contribution in [0.5, 0.6) is 5.75 Å². The maximum Gasteiger partial charge on any atom is 0.227 e. The Morgan fingerprint density at radius 3 is 2.57 bits per heavy atom. The second-order valence-electron chi connectivity index (χ2n) is 14.3. The second-order valence-corrected chi connectivity index (χ2v) is 15.1. The van der Waals surface area contributed by atoms with E-state index in [4.69, 9.17) is 27.9 Å². The van der Waals surface area contributed by atoms with E-state index < -0.39 is 0 Å². The zero-order valence-electron chi connectivity index (χ0n) is 27.8. The van der Waals surface area contributed by atoms with Crippen LogP contribution in [0.3, 0.4) is 0 Å². The fraction of sp³-hybridized carbons (Fsp3) is 0.513. The van der Waals surface area contributed by atoms with Gasteiger partial charge in [-0.3, -0.25) is 4.79 Å². The average molecular weight is 664 g/mol. The average Bonchev–Trinajstić information content (AvgIpc) is 3.06. The van der Waals surface area contributed by atoms with Gasteiger partial charge in [-0.1, -0.05) is 65.7 Å². The van der Waals surface area contributed by atoms with E-state index in [1.54, 1.807) is 0 Å². The molecule has 1 amide bonds. The Morgan fingerprint density at radius 2 is 1.80 bits per heavy atom. The molecule has 3 aromatic rings. The summed E-state index contributed by atoms with van der Waals surface area (Å²) in [6.45, 7) is 13.5. The van der Waals surface area contributed by atoms with Gasteiger partial charge in [-0.2, -0.15) is 0 Å². The number of quaternary nitrogens is 1. The topological polar surface area (TPSA) is 41.6 Å². The van der Waals surface area contributed by atoms with E-state index in [1.165, 1.54) is 16.7 Å². The summed E-state index contributed by atoms with van der Waals surface area (Å²) in [6.07, 6.45) is 6.91. The highest BCUT2D eigenvalue weighted by Gasteiger charge is 2.47. The Morgan fingerprint density at radius 1 is 1.00 bits per heavy atom. The van der Waals surface area contributed by atoms with E-state index in [1.807, 2.05) is 44.2 Å². The van der Waals surface area contributed by atoms with Crippen LogP contribution < -0.4 is 10.1 Å². The molecule has 7 heteroatoms. The number of hydrogen-bond acceptors (Lipinski definition) is 3. The molecule has 1 spiro atoms. The lowest BCUT2D eigenvalue weighted by Gasteiger charge is -2.52. The monoisotopic (exact) mass is 662 g/mol. The molecule has 1 unspecified atom stereocenters. The molecule has 0 saturated carbocycles. The number of carbonyl (C=O) groups is 1. The lowest BCUT2D eigenvalue weighted by molar-refractivity contribution is -0.933. The number of amides is 1. The number of benzene rings is 3. The highest BCUT2D eigenvalue weighted by molar-refractivity contribution is 6.42. The molecule has 6 rings (SSSR count). The van der Waals surface area contributed by atoms with Crippen LogP contribution in [0.25, 0.3) is 0 Å². The first-order valence-corrected chi connectivity index (χ1v) is 18.1. The minimum atomic E-state index is -0.171. The van der Waals surface area contributed by atoms with Gasteiger partial charge in [-0.25, -0.2) is 0 Å². The Hall–Kier alpha value is -2.57. The summed E-state index contributed by atoms with van der Waals surface area (Å²) in [6, 6.07) is 23.2. The lowest BCUT2D eigenvalue weighted by Crippen LogP contribution is -2.62. The first-order chi connectivity index (χ1) is 22.1. The molecule has 2 fully saturated rings. The number of nitrogens with one attached hydrogen (secondary N) is 1. The van der Waals surface area contributed by atoms with Crippen molar-refractivity contribution < 1.29 is 14.0 Å². The maximum atomic E-state index is 13.9. The molecule has 1 atom stereocenters. The molecule has 1 N–H and O–H groups in total. The van der Waals surface area contributed by atoms with Crippen molar-refractivity contribution in [3.63, 3.8) is 0 Å². The van der Waals surface area contributed by atoms with Crippen LogP contribution in [0.2, 0.25) is 10.0 Å². The van der Waals surface area contributed by atoms with Gasteiger partial charge >= 0.3 is 0 Å². The van der Waals surface area contributed by atoms with Gasteiger partial charge < -0.3 is 19.4 Å². The molecule has 3 aliphatic heterocycles. The number of rotatable bonds is 9. The normalized spacial score (nSPS) is 26.3. The molecule has 3 aromatic carbocycles. The first-order valence-electron chi connectivity index (χ1n) is 17.3. The van der Waals surface area contributed by atoms with Gasteiger partial charge in [0.1, 0.15) is 5.75 Å². The van der Waals surface area contributed by atoms with Gasteiger partial charge in [0.15, 0.2) is 0 Å². The summed E-state index contributed by atoms with van der Waals surface area (Å²) in [5.74, 6) is 0.986. The number of likely N-dealkylation sites (tertiary alicyclic amines) is 2. The van der Waals surface area contributed by atoms with Crippen LogP contribution in [0.15, 0.2) is 66.7 Å². The van der Waals surface area contributed by atoms with Gasteiger partial charge in [0.25, 0.3) is 0 Å². The van der Waals surface area contributed by atoms with Crippen molar-refractivity contribution in [2.24, 2.45) is 0 Å². The van der Waals surface area contributed by atoms with E-state index >= 15 is 0 Å². The largest absolute Gasteiger partial charge is 0.491 e. The van der Waals surface area contributed by atoms with E-state index in [0.29, 0.717) is 23.0 Å². The lowest BCUT2D eigenvalue weighted by atomic mass is 9.70. The van der Waals surface area contributed by atoms with Crippen LogP contribution in [0.1, 0.15) is 75.1 Å². The van der Waals surface area contributed by atoms with Crippen molar-refractivity contribution in [1.82, 2.24) is 10.2 Å². The smallest absolute Gasteiger partial charge is 0.227 e. The molecule has 46 heavy (non-hydrogen) atoms. The van der Waals surface area contributed by atoms with Gasteiger partial charge in [0.2, 0.25) is 5.91 Å². The number of carbonyl (C=O) groups excluding carboxylic acids is 1. The summed E-state index contributed by atoms with van der Waals surface area (Å²) < 4.78 is 7.02. The highest BCUT2D eigenvalue weighted by Crippen LogP contribution is 2.43. The third-order valence-corrected chi connectivity index (χ3v) is 12.0. The molecule has 2 saturated heterocycles. The third kappa shape index (κ3) is 6.99. The molecule has 0 aliphatic carbocycles. The number of ether oxygens (including phenoxy) is 1. The van der Waals surface area contributed by atoms with Crippen molar-refractivity contribution in [2.75, 3.05) is 45.8 Å². The van der Waals surface area contributed by atoms with Gasteiger partial charge in [-0.05, 0) is 86.6 Å². The van der Waals surface area contributed by atoms with Gasteiger partial charge in [-0.15, -0.1) is 0 Å². The molecule has 246 valence electrons. The Labute approximate surface area is 285 Å². The summed E-state index contributed by atoms with van der Waals surface area (Å²) >= 11 is 13.1. The fourth-order valence-electron chi connectivity index (χ4n) is 8.47. The second kappa shape index (κ2) is 13.9. The van der Waals surface area contributed by atoms with Crippen molar-refractivity contribution in [3.8, 4) is 5.75 Å². The van der Waals surface area contributed by atoms with Crippen LogP contribution in [-0.2, 0) is 28.6 Å². The molecular weight excluding hydrogens is 613 g/mol. The molecule has 3 aliphatic rings. The maximum absolute atomic E-state index is 13.9. The van der Waals surface area contributed by atoms with Gasteiger partial charge in [0.05, 0.1) is 54.3 Å². The van der Waals surface area contributed by atoms with Crippen molar-refractivity contribution >= 4 is 29.1 Å². The quantitative estimate of drug-likeness (QED) is 0.237. The molecule has 5 nitrogen and oxygen atoms in total. The summed E-state index contributed by atoms with van der Waals surface area (Å²) in [5, 5.41) is 5.13. The molecular formula is C39H50Cl2N3O2+. The van der Waals surface area contributed by atoms with Crippen molar-refractivity contribution in [3.05, 3.63) is 99.0 Å². The standard InChI is InChI=1S/C39H50Cl2N3O2/c1-4-44(23-18-39(19-24-44)34-12-6-5-10-31(34)15-20-42-39)22-17-38(32-13-14-35(40)36(41)27-32)16-8-21-43(28-38)37(45)26-30-9-7-11-33(25-30)46-29(2)3/h5-7,9-14,25,27,29,42H,4,8,15-24,26,28H2,1-3H3/q+1. The van der Waals surface area contributed by atoms with Crippen LogP contribution in [-0.4, -0.2) is 67.2 Å². The highest BCUT2D eigenvalue weighted by atomic mass is 35.5. The number of piperidine rings is 2. The summed E-state index contributed by atoms with van der Waals surface area (Å²) in [7, 11) is 0. The number of halogens is 2. The van der Waals surface area contributed by atoms with Gasteiger partial charge in [0, 0.05) is 44.3 Å². The summed E-state index contributed by atoms with van der Waals surface area (Å²) in [4.78, 5) is 16.0. The Balaban J connectivity index is 1.21. The number of hydrogen-bond donors (Lipinski definition) is 1. The van der Waals surface area contributed by atoms with Crippen molar-refractivity contribution in [2.45, 2.75) is 82.8 Å². The van der Waals surface area contributed by atoms with E-state index in [2.05, 4.69) is 53.5 Å².